The molecule has 0 aliphatic carbocycles. The van der Waals surface area contributed by atoms with Gasteiger partial charge >= 0.3 is 23.1 Å². The summed E-state index contributed by atoms with van der Waals surface area (Å²) in [5.41, 5.74) is 0. The van der Waals surface area contributed by atoms with Crippen LogP contribution in [0, 0.1) is 0 Å². The fraction of sp³-hybridized carbons (Fsp3) is 0.875. The molecule has 0 amide bonds. The maximum atomic E-state index is 4.39. The number of unbranched alkanes of at least 4 members (excludes halogenated alkanes) is 2. The number of thioether (sulfide) groups is 1. The summed E-state index contributed by atoms with van der Waals surface area (Å²) in [6.45, 7) is 3.30. The van der Waals surface area contributed by atoms with E-state index in [0.29, 0.717) is 0 Å². The van der Waals surface area contributed by atoms with Crippen LogP contribution in [0.4, 0.5) is 0 Å². The van der Waals surface area contributed by atoms with Gasteiger partial charge in [0, 0.05) is 12.3 Å². The van der Waals surface area contributed by atoms with Gasteiger partial charge in [0.1, 0.15) is 0 Å². The molecule has 0 N–H and O–H groups in total. The molecule has 0 atom stereocenters. The van der Waals surface area contributed by atoms with E-state index in [2.05, 4.69) is 11.9 Å². The van der Waals surface area contributed by atoms with Crippen molar-refractivity contribution in [2.75, 3.05) is 12.3 Å². The van der Waals surface area contributed by atoms with Crippen LogP contribution in [0.25, 0.3) is 0 Å². The van der Waals surface area contributed by atoms with Crippen LogP contribution in [0.5, 0.6) is 0 Å². The van der Waals surface area contributed by atoms with Gasteiger partial charge in [-0.2, -0.15) is 0 Å². The van der Waals surface area contributed by atoms with E-state index in [1.807, 2.05) is 11.8 Å². The van der Waals surface area contributed by atoms with Crippen molar-refractivity contribution in [2.24, 2.45) is 4.99 Å². The molecule has 0 fully saturated rings. The summed E-state index contributed by atoms with van der Waals surface area (Å²) in [7, 11) is 0. The predicted molar refractivity (Wildman–Crippen MR) is 56.9 cm³/mol. The molecule has 1 heterocycles. The standard InChI is InChI=1S/C8H15NS.Mg.2H/c1-2-3-4-5-8-9-6-7-10-8;;;/h2-7H2,1H3;;;/q;+2;2*-1. The van der Waals surface area contributed by atoms with Crippen LogP contribution >= 0.6 is 11.8 Å². The maximum absolute atomic E-state index is 4.39. The van der Waals surface area contributed by atoms with Crippen molar-refractivity contribution in [1.82, 2.24) is 0 Å². The first-order valence-electron chi connectivity index (χ1n) is 4.09. The van der Waals surface area contributed by atoms with E-state index in [-0.39, 0.29) is 25.9 Å². The summed E-state index contributed by atoms with van der Waals surface area (Å²) in [6, 6.07) is 0. The van der Waals surface area contributed by atoms with Crippen LogP contribution < -0.4 is 0 Å². The van der Waals surface area contributed by atoms with Crippen molar-refractivity contribution in [1.29, 1.82) is 0 Å². The molecule has 11 heavy (non-hydrogen) atoms. The smallest absolute Gasteiger partial charge is 1.00 e. The van der Waals surface area contributed by atoms with Crippen LogP contribution in [0.15, 0.2) is 4.99 Å². The Kier molecular flexibility index (Phi) is 7.97. The molecule has 0 saturated carbocycles. The van der Waals surface area contributed by atoms with Gasteiger partial charge in [-0.05, 0) is 12.8 Å². The summed E-state index contributed by atoms with van der Waals surface area (Å²) in [4.78, 5) is 4.39. The molecule has 3 heteroatoms. The van der Waals surface area contributed by atoms with E-state index in [1.165, 1.54) is 36.5 Å². The van der Waals surface area contributed by atoms with Gasteiger partial charge in [0.15, 0.2) is 0 Å². The van der Waals surface area contributed by atoms with E-state index < -0.39 is 0 Å². The molecule has 1 aliphatic rings. The van der Waals surface area contributed by atoms with Crippen LogP contribution in [0.1, 0.15) is 35.5 Å². The molecule has 62 valence electrons. The molecule has 0 aromatic carbocycles. The zero-order valence-electron chi connectivity index (χ0n) is 9.31. The largest absolute Gasteiger partial charge is 2.00 e. The topological polar surface area (TPSA) is 12.4 Å². The fourth-order valence-electron chi connectivity index (χ4n) is 1.06. The van der Waals surface area contributed by atoms with E-state index in [1.54, 1.807) is 0 Å². The Bertz CT molecular complexity index is 133. The normalized spacial score (nSPS) is 15.9. The summed E-state index contributed by atoms with van der Waals surface area (Å²) >= 11 is 1.94. The van der Waals surface area contributed by atoms with Gasteiger partial charge in [-0.1, -0.05) is 19.8 Å². The Balaban J connectivity index is -0.000000333. The van der Waals surface area contributed by atoms with E-state index >= 15 is 0 Å². The number of rotatable bonds is 4. The van der Waals surface area contributed by atoms with Crippen LogP contribution in [0.2, 0.25) is 0 Å². The average molecular weight is 184 g/mol. The third-order valence-electron chi connectivity index (χ3n) is 1.64. The monoisotopic (exact) mass is 183 g/mol. The van der Waals surface area contributed by atoms with Crippen LogP contribution in [-0.4, -0.2) is 40.4 Å². The minimum Gasteiger partial charge on any atom is -1.00 e. The first-order chi connectivity index (χ1) is 4.93. The summed E-state index contributed by atoms with van der Waals surface area (Å²) in [5, 5.41) is 1.40. The summed E-state index contributed by atoms with van der Waals surface area (Å²) < 4.78 is 0. The van der Waals surface area contributed by atoms with Crippen LogP contribution in [0.3, 0.4) is 0 Å². The molecule has 1 aliphatic heterocycles. The Morgan fingerprint density at radius 1 is 1.55 bits per heavy atom. The number of hydrogen-bond donors (Lipinski definition) is 0. The second kappa shape index (κ2) is 7.44. The second-order valence-corrected chi connectivity index (χ2v) is 3.75. The molecule has 0 aromatic rings. The summed E-state index contributed by atoms with van der Waals surface area (Å²) in [5.74, 6) is 1.22. The predicted octanol–water partition coefficient (Wildman–Crippen LogP) is 2.56. The molecule has 0 aromatic heterocycles. The molecular formula is C8H17MgNS. The molecule has 0 unspecified atom stereocenters. The average Bonchev–Trinajstić information content (AvgIpc) is 2.41. The minimum absolute atomic E-state index is 0. The van der Waals surface area contributed by atoms with Gasteiger partial charge in [0.2, 0.25) is 0 Å². The Morgan fingerprint density at radius 3 is 2.91 bits per heavy atom. The Morgan fingerprint density at radius 2 is 2.36 bits per heavy atom. The number of aliphatic imine (C=N–C) groups is 1. The third kappa shape index (κ3) is 5.09. The SMILES string of the molecule is CCCCCC1=NCCS1.[H-].[H-].[Mg+2]. The van der Waals surface area contributed by atoms with Gasteiger partial charge in [-0.3, -0.25) is 4.99 Å². The van der Waals surface area contributed by atoms with Crippen LogP contribution in [-0.2, 0) is 0 Å². The Labute approximate surface area is 92.5 Å². The molecular weight excluding hydrogens is 166 g/mol. The van der Waals surface area contributed by atoms with E-state index in [4.69, 9.17) is 0 Å². The van der Waals surface area contributed by atoms with E-state index in [0.717, 1.165) is 6.54 Å². The molecule has 0 spiro atoms. The zero-order valence-corrected chi connectivity index (χ0v) is 9.54. The molecule has 0 saturated heterocycles. The molecule has 0 radical (unpaired) electrons. The van der Waals surface area contributed by atoms with E-state index in [9.17, 15) is 0 Å². The Hall–Kier alpha value is 0.786. The van der Waals surface area contributed by atoms with Crippen molar-refractivity contribution < 1.29 is 2.85 Å². The second-order valence-electron chi connectivity index (χ2n) is 2.58. The van der Waals surface area contributed by atoms with Crippen molar-refractivity contribution in [2.45, 2.75) is 32.6 Å². The first kappa shape index (κ1) is 11.8. The number of hydrogen-bond acceptors (Lipinski definition) is 2. The van der Waals surface area contributed by atoms with Crippen molar-refractivity contribution in [3.05, 3.63) is 0 Å². The zero-order chi connectivity index (χ0) is 7.23. The van der Waals surface area contributed by atoms with Gasteiger partial charge in [-0.25, -0.2) is 0 Å². The maximum Gasteiger partial charge on any atom is 2.00 e. The van der Waals surface area contributed by atoms with Crippen molar-refractivity contribution >= 4 is 39.9 Å². The third-order valence-corrected chi connectivity index (χ3v) is 2.70. The molecule has 0 bridgehead atoms. The first-order valence-corrected chi connectivity index (χ1v) is 5.08. The van der Waals surface area contributed by atoms with Crippen molar-refractivity contribution in [3.8, 4) is 0 Å². The molecule has 1 nitrogen and oxygen atoms in total. The summed E-state index contributed by atoms with van der Waals surface area (Å²) in [6.07, 6.45) is 5.25. The van der Waals surface area contributed by atoms with Crippen molar-refractivity contribution in [3.63, 3.8) is 0 Å². The van der Waals surface area contributed by atoms with Gasteiger partial charge in [0.05, 0.1) is 5.04 Å². The number of nitrogens with zero attached hydrogens (tertiary/aromatic N) is 1. The van der Waals surface area contributed by atoms with Gasteiger partial charge in [-0.15, -0.1) is 11.8 Å². The fourth-order valence-corrected chi connectivity index (χ4v) is 1.95. The molecule has 1 rings (SSSR count). The van der Waals surface area contributed by atoms with Gasteiger partial charge < -0.3 is 2.85 Å². The van der Waals surface area contributed by atoms with Gasteiger partial charge in [0.25, 0.3) is 0 Å². The minimum atomic E-state index is 0. The quantitative estimate of drug-likeness (QED) is 0.482.